The molecule has 0 fully saturated rings. The molecule has 0 aliphatic heterocycles. The van der Waals surface area contributed by atoms with Crippen LogP contribution in [0.1, 0.15) is 239 Å². The predicted octanol–water partition coefficient (Wildman–Crippen LogP) is 15.5. The summed E-state index contributed by atoms with van der Waals surface area (Å²) in [6.45, 7) is 6.46. The van der Waals surface area contributed by atoms with E-state index >= 15 is 0 Å². The van der Waals surface area contributed by atoms with Gasteiger partial charge in [0, 0.05) is 19.3 Å². The molecule has 0 aromatic heterocycles. The monoisotopic (exact) mass is 799 g/mol. The first kappa shape index (κ1) is 54.4. The van der Waals surface area contributed by atoms with Gasteiger partial charge in [-0.1, -0.05) is 204 Å². The van der Waals surface area contributed by atoms with Crippen LogP contribution >= 0.6 is 0 Å². The van der Waals surface area contributed by atoms with Crippen LogP contribution in [-0.4, -0.2) is 37.2 Å². The van der Waals surface area contributed by atoms with Gasteiger partial charge in [-0.05, 0) is 64.2 Å². The molecule has 0 aromatic rings. The second-order valence-corrected chi connectivity index (χ2v) is 16.1. The third-order valence-electron chi connectivity index (χ3n) is 10.4. The first-order chi connectivity index (χ1) is 28.0. The molecule has 6 heteroatoms. The van der Waals surface area contributed by atoms with E-state index in [4.69, 9.17) is 14.2 Å². The van der Waals surface area contributed by atoms with Gasteiger partial charge in [0.2, 0.25) is 0 Å². The van der Waals surface area contributed by atoms with Gasteiger partial charge in [0.25, 0.3) is 0 Å². The second kappa shape index (κ2) is 46.1. The van der Waals surface area contributed by atoms with Crippen molar-refractivity contribution < 1.29 is 28.6 Å². The highest BCUT2D eigenvalue weighted by atomic mass is 16.6. The largest absolute Gasteiger partial charge is 0.462 e. The summed E-state index contributed by atoms with van der Waals surface area (Å²) in [6.07, 6.45) is 53.7. The molecule has 0 heterocycles. The van der Waals surface area contributed by atoms with E-state index in [1.54, 1.807) is 0 Å². The molecule has 0 radical (unpaired) electrons. The van der Waals surface area contributed by atoms with Gasteiger partial charge in [-0.3, -0.25) is 14.4 Å². The number of esters is 3. The van der Waals surface area contributed by atoms with Gasteiger partial charge in [0.1, 0.15) is 13.2 Å². The van der Waals surface area contributed by atoms with Gasteiger partial charge < -0.3 is 14.2 Å². The molecule has 0 saturated carbocycles. The maximum Gasteiger partial charge on any atom is 0.306 e. The highest BCUT2D eigenvalue weighted by Crippen LogP contribution is 2.15. The van der Waals surface area contributed by atoms with Crippen LogP contribution in [0.25, 0.3) is 0 Å². The Bertz CT molecular complexity index is 1010. The third-order valence-corrected chi connectivity index (χ3v) is 10.4. The minimum atomic E-state index is -0.782. The molecule has 1 atom stereocenters. The molecule has 1 unspecified atom stereocenters. The molecule has 6 nitrogen and oxygen atoms in total. The summed E-state index contributed by atoms with van der Waals surface area (Å²) in [5, 5.41) is 0. The van der Waals surface area contributed by atoms with Crippen LogP contribution in [0.15, 0.2) is 48.6 Å². The van der Waals surface area contributed by atoms with E-state index in [1.807, 2.05) is 0 Å². The maximum absolute atomic E-state index is 12.7. The molecule has 0 bridgehead atoms. The fourth-order valence-corrected chi connectivity index (χ4v) is 6.73. The van der Waals surface area contributed by atoms with Crippen LogP contribution in [0.4, 0.5) is 0 Å². The van der Waals surface area contributed by atoms with Crippen LogP contribution in [0.5, 0.6) is 0 Å². The topological polar surface area (TPSA) is 78.9 Å². The lowest BCUT2D eigenvalue weighted by Gasteiger charge is -2.18. The standard InChI is InChI=1S/C51H90O6/c1-4-7-10-13-16-19-22-25-27-29-32-35-38-41-44-50(53)56-47-48(46-55-49(52)43-40-37-34-31-28-24-21-18-15-12-9-6-3)57-51(54)45-42-39-36-33-30-26-23-20-17-14-11-8-5-2/h8,11,14,17-18,20-21,23,48H,4-7,9-10,12-13,15-16,19,22,24-47H2,1-3H3/b11-8-,17-14-,21-18-,23-20-. The summed E-state index contributed by atoms with van der Waals surface area (Å²) < 4.78 is 16.7. The SMILES string of the molecule is CC\C=C/C=C\C=C/CCCCCCCC(=O)OC(COC(=O)CCCCCCC/C=C\CCCCC)COC(=O)CCCCCCCCCCCCCCCC. The van der Waals surface area contributed by atoms with Crippen molar-refractivity contribution in [1.29, 1.82) is 0 Å². The normalized spacial score (nSPS) is 12.4. The van der Waals surface area contributed by atoms with Gasteiger partial charge in [-0.15, -0.1) is 0 Å². The predicted molar refractivity (Wildman–Crippen MR) is 242 cm³/mol. The molecule has 0 aliphatic carbocycles. The van der Waals surface area contributed by atoms with Gasteiger partial charge in [0.15, 0.2) is 6.10 Å². The number of allylic oxidation sites excluding steroid dienone is 8. The van der Waals surface area contributed by atoms with Crippen LogP contribution in [0.3, 0.4) is 0 Å². The zero-order chi connectivity index (χ0) is 41.5. The maximum atomic E-state index is 12.7. The fourth-order valence-electron chi connectivity index (χ4n) is 6.73. The first-order valence-corrected chi connectivity index (χ1v) is 24.2. The number of ether oxygens (including phenoxy) is 3. The number of carbonyl (C=O) groups is 3. The average Bonchev–Trinajstić information content (AvgIpc) is 3.21. The average molecular weight is 799 g/mol. The van der Waals surface area contributed by atoms with E-state index in [2.05, 4.69) is 69.4 Å². The lowest BCUT2D eigenvalue weighted by molar-refractivity contribution is -0.167. The fraction of sp³-hybridized carbons (Fsp3) is 0.784. The van der Waals surface area contributed by atoms with Crippen molar-refractivity contribution in [3.63, 3.8) is 0 Å². The number of hydrogen-bond acceptors (Lipinski definition) is 6. The molecule has 0 rings (SSSR count). The van der Waals surface area contributed by atoms with Gasteiger partial charge in [0.05, 0.1) is 0 Å². The minimum absolute atomic E-state index is 0.0822. The van der Waals surface area contributed by atoms with Crippen molar-refractivity contribution in [2.24, 2.45) is 0 Å². The molecule has 0 N–H and O–H groups in total. The zero-order valence-corrected chi connectivity index (χ0v) is 37.6. The summed E-state index contributed by atoms with van der Waals surface area (Å²) in [7, 11) is 0. The Morgan fingerprint density at radius 1 is 0.368 bits per heavy atom. The number of unbranched alkanes of at least 4 members (excludes halogenated alkanes) is 26. The molecule has 0 aromatic carbocycles. The van der Waals surface area contributed by atoms with E-state index < -0.39 is 6.10 Å². The molecule has 0 saturated heterocycles. The van der Waals surface area contributed by atoms with Crippen molar-refractivity contribution in [1.82, 2.24) is 0 Å². The Kier molecular flexibility index (Phi) is 43.9. The lowest BCUT2D eigenvalue weighted by atomic mass is 10.0. The van der Waals surface area contributed by atoms with Crippen molar-refractivity contribution in [3.05, 3.63) is 48.6 Å². The van der Waals surface area contributed by atoms with Crippen molar-refractivity contribution >= 4 is 17.9 Å². The molecule has 330 valence electrons. The quantitative estimate of drug-likeness (QED) is 0.0201. The summed E-state index contributed by atoms with van der Waals surface area (Å²) in [5.41, 5.74) is 0. The van der Waals surface area contributed by atoms with Crippen LogP contribution in [-0.2, 0) is 28.6 Å². The minimum Gasteiger partial charge on any atom is -0.462 e. The Balaban J connectivity index is 4.40. The van der Waals surface area contributed by atoms with E-state index in [0.717, 1.165) is 89.9 Å². The third kappa shape index (κ3) is 44.3. The number of carbonyl (C=O) groups excluding carboxylic acids is 3. The van der Waals surface area contributed by atoms with Crippen LogP contribution in [0, 0.1) is 0 Å². The van der Waals surface area contributed by atoms with E-state index in [-0.39, 0.29) is 31.1 Å². The summed E-state index contributed by atoms with van der Waals surface area (Å²) in [4.78, 5) is 37.8. The van der Waals surface area contributed by atoms with Crippen molar-refractivity contribution in [2.75, 3.05) is 13.2 Å². The van der Waals surface area contributed by atoms with E-state index in [0.29, 0.717) is 19.3 Å². The summed E-state index contributed by atoms with van der Waals surface area (Å²) >= 11 is 0. The highest BCUT2D eigenvalue weighted by Gasteiger charge is 2.19. The molecule has 0 amide bonds. The number of hydrogen-bond donors (Lipinski definition) is 0. The van der Waals surface area contributed by atoms with Gasteiger partial charge >= 0.3 is 17.9 Å². The van der Waals surface area contributed by atoms with E-state index in [9.17, 15) is 14.4 Å². The zero-order valence-electron chi connectivity index (χ0n) is 37.6. The van der Waals surface area contributed by atoms with Crippen LogP contribution < -0.4 is 0 Å². The van der Waals surface area contributed by atoms with Crippen LogP contribution in [0.2, 0.25) is 0 Å². The summed E-state index contributed by atoms with van der Waals surface area (Å²) in [5.74, 6) is -0.909. The first-order valence-electron chi connectivity index (χ1n) is 24.2. The van der Waals surface area contributed by atoms with Gasteiger partial charge in [-0.2, -0.15) is 0 Å². The molecular formula is C51H90O6. The summed E-state index contributed by atoms with van der Waals surface area (Å²) in [6, 6.07) is 0. The van der Waals surface area contributed by atoms with Crippen molar-refractivity contribution in [3.8, 4) is 0 Å². The van der Waals surface area contributed by atoms with Gasteiger partial charge in [-0.25, -0.2) is 0 Å². The lowest BCUT2D eigenvalue weighted by Crippen LogP contribution is -2.30. The number of rotatable bonds is 43. The van der Waals surface area contributed by atoms with E-state index in [1.165, 1.54) is 109 Å². The van der Waals surface area contributed by atoms with Crippen molar-refractivity contribution in [2.45, 2.75) is 245 Å². The molecule has 57 heavy (non-hydrogen) atoms. The molecule has 0 aliphatic rings. The highest BCUT2D eigenvalue weighted by molar-refractivity contribution is 5.71. The Morgan fingerprint density at radius 3 is 1.14 bits per heavy atom. The Labute approximate surface area is 352 Å². The molecule has 0 spiro atoms. The Morgan fingerprint density at radius 2 is 0.702 bits per heavy atom. The second-order valence-electron chi connectivity index (χ2n) is 16.1. The molecular weight excluding hydrogens is 709 g/mol. The Hall–Kier alpha value is -2.63. The smallest absolute Gasteiger partial charge is 0.306 e.